The molecular weight excluding hydrogens is 442 g/mol. The number of benzene rings is 1. The Morgan fingerprint density at radius 2 is 1.44 bits per heavy atom. The van der Waals surface area contributed by atoms with Crippen LogP contribution in [0.2, 0.25) is 0 Å². The summed E-state index contributed by atoms with van der Waals surface area (Å²) in [5.41, 5.74) is -4.21. The van der Waals surface area contributed by atoms with Crippen LogP contribution in [0.15, 0.2) is 30.3 Å². The molecule has 0 fully saturated rings. The number of alkyl halides is 3. The Bertz CT molecular complexity index is 389. The summed E-state index contributed by atoms with van der Waals surface area (Å²) < 4.78 is 57.5. The average Bonchev–Trinajstić information content (AvgIpc) is 2.02. The fourth-order valence-electron chi connectivity index (χ4n) is 0.534. The van der Waals surface area contributed by atoms with E-state index in [0.717, 1.165) is 0 Å². The summed E-state index contributed by atoms with van der Waals surface area (Å²) in [4.78, 5) is 0. The van der Waals surface area contributed by atoms with Crippen LogP contribution in [-0.2, 0) is 10.1 Å². The minimum atomic E-state index is -5.84. The van der Waals surface area contributed by atoms with Crippen LogP contribution in [0, 0.1) is 6.92 Å². The fourth-order valence-corrected chi connectivity index (χ4v) is 0.534. The first-order valence-corrected chi connectivity index (χ1v) is 5.14. The second-order valence-electron chi connectivity index (χ2n) is 2.58. The summed E-state index contributed by atoms with van der Waals surface area (Å²) >= 11 is 0. The zero-order valence-electron chi connectivity index (χ0n) is 8.40. The molecule has 0 saturated heterocycles. The van der Waals surface area contributed by atoms with Crippen LogP contribution >= 0.6 is 0 Å². The third kappa shape index (κ3) is 8.01. The van der Waals surface area contributed by atoms with Gasteiger partial charge in [-0.2, -0.15) is 21.6 Å². The molecule has 0 aliphatic carbocycles. The molecule has 0 saturated carbocycles. The van der Waals surface area contributed by atoms with Crippen molar-refractivity contribution in [1.29, 1.82) is 0 Å². The first-order valence-electron chi connectivity index (χ1n) is 3.70. The van der Waals surface area contributed by atoms with Gasteiger partial charge in [-0.1, -0.05) is 35.9 Å². The molecule has 1 rings (SSSR count). The SMILES string of the molecule is Cc1ccccc1.O=S(=O)(O)C(F)(F)F.[BiH3]. The zero-order valence-corrected chi connectivity index (χ0v) is 14.7. The van der Waals surface area contributed by atoms with Crippen molar-refractivity contribution in [2.45, 2.75) is 12.4 Å². The predicted octanol–water partition coefficient (Wildman–Crippen LogP) is 1.21. The molecule has 0 amide bonds. The van der Waals surface area contributed by atoms with Gasteiger partial charge in [-0.05, 0) is 6.92 Å². The van der Waals surface area contributed by atoms with Gasteiger partial charge in [-0.3, -0.25) is 4.55 Å². The molecule has 0 spiro atoms. The van der Waals surface area contributed by atoms with E-state index >= 15 is 0 Å². The molecule has 94 valence electrons. The molecule has 0 unspecified atom stereocenters. The molecule has 0 aliphatic rings. The van der Waals surface area contributed by atoms with E-state index in [1.807, 2.05) is 18.2 Å². The quantitative estimate of drug-likeness (QED) is 0.365. The number of hydrogen-bond donors (Lipinski definition) is 1. The maximum absolute atomic E-state index is 10.7. The normalized spacial score (nSPS) is 10.8. The Morgan fingerprint density at radius 1 is 1.12 bits per heavy atom. The summed E-state index contributed by atoms with van der Waals surface area (Å²) in [6.07, 6.45) is 0. The Labute approximate surface area is 111 Å². The van der Waals surface area contributed by atoms with E-state index in [1.165, 1.54) is 5.56 Å². The van der Waals surface area contributed by atoms with Crippen molar-refractivity contribution >= 4 is 36.3 Å². The second kappa shape index (κ2) is 7.19. The molecule has 8 heteroatoms. The summed E-state index contributed by atoms with van der Waals surface area (Å²) in [7, 11) is -5.84. The summed E-state index contributed by atoms with van der Waals surface area (Å²) in [6, 6.07) is 10.3. The molecule has 0 atom stereocenters. The summed E-state index contributed by atoms with van der Waals surface area (Å²) in [5.74, 6) is 0. The van der Waals surface area contributed by atoms with Crippen LogP contribution < -0.4 is 0 Å². The van der Waals surface area contributed by atoms with Crippen molar-refractivity contribution in [3.8, 4) is 0 Å². The zero-order chi connectivity index (χ0) is 12.1. The third-order valence-corrected chi connectivity index (χ3v) is 1.82. The van der Waals surface area contributed by atoms with Crippen LogP contribution in [-0.4, -0.2) is 44.7 Å². The Hall–Kier alpha value is -0.197. The van der Waals surface area contributed by atoms with Crippen LogP contribution in [0.4, 0.5) is 13.2 Å². The first-order chi connectivity index (χ1) is 6.64. The van der Waals surface area contributed by atoms with Crippen LogP contribution in [0.1, 0.15) is 5.56 Å². The molecule has 1 aromatic rings. The third-order valence-electron chi connectivity index (χ3n) is 1.23. The van der Waals surface area contributed by atoms with Crippen molar-refractivity contribution in [1.82, 2.24) is 0 Å². The van der Waals surface area contributed by atoms with Gasteiger partial charge < -0.3 is 0 Å². The second-order valence-corrected chi connectivity index (χ2v) is 3.99. The topological polar surface area (TPSA) is 54.4 Å². The van der Waals surface area contributed by atoms with Crippen molar-refractivity contribution in [3.63, 3.8) is 0 Å². The molecule has 0 radical (unpaired) electrons. The number of rotatable bonds is 0. The van der Waals surface area contributed by atoms with Gasteiger partial charge in [0.15, 0.2) is 0 Å². The molecule has 1 aromatic carbocycles. The Morgan fingerprint density at radius 3 is 1.56 bits per heavy atom. The van der Waals surface area contributed by atoms with E-state index in [9.17, 15) is 13.2 Å². The van der Waals surface area contributed by atoms with Crippen molar-refractivity contribution in [2.24, 2.45) is 0 Å². The molecule has 0 bridgehead atoms. The van der Waals surface area contributed by atoms with Crippen molar-refractivity contribution < 1.29 is 26.1 Å². The van der Waals surface area contributed by atoms with Gasteiger partial charge in [-0.15, -0.1) is 0 Å². The van der Waals surface area contributed by atoms with Gasteiger partial charge >= 0.3 is 41.8 Å². The summed E-state index contributed by atoms with van der Waals surface area (Å²) in [5, 5.41) is 0. The van der Waals surface area contributed by atoms with Gasteiger partial charge in [0.1, 0.15) is 0 Å². The number of halogens is 3. The fraction of sp³-hybridized carbons (Fsp3) is 0.250. The molecule has 1 N–H and O–H groups in total. The van der Waals surface area contributed by atoms with Gasteiger partial charge in [0.25, 0.3) is 0 Å². The Kier molecular flexibility index (Phi) is 8.17. The summed E-state index contributed by atoms with van der Waals surface area (Å²) in [6.45, 7) is 2.08. The van der Waals surface area contributed by atoms with Crippen LogP contribution in [0.3, 0.4) is 0 Å². The first kappa shape index (κ1) is 18.2. The monoisotopic (exact) mass is 454 g/mol. The van der Waals surface area contributed by atoms with Gasteiger partial charge in [0.05, 0.1) is 0 Å². The van der Waals surface area contributed by atoms with E-state index in [-0.39, 0.29) is 26.2 Å². The molecule has 0 aliphatic heterocycles. The maximum atomic E-state index is 10.7. The van der Waals surface area contributed by atoms with Gasteiger partial charge in [-0.25, -0.2) is 0 Å². The van der Waals surface area contributed by atoms with Crippen LogP contribution in [0.5, 0.6) is 0 Å². The molecule has 3 nitrogen and oxygen atoms in total. The standard InChI is InChI=1S/C7H8.CHF3O3S.Bi.3H/c1-7-5-3-2-4-6-7;2-1(3,4)8(5,6)7;;;;/h2-6H,1H3;(H,5,6,7);;;;. The van der Waals surface area contributed by atoms with E-state index in [0.29, 0.717) is 0 Å². The minimum absolute atomic E-state index is 0. The number of hydrogen-bond acceptors (Lipinski definition) is 2. The average molecular weight is 454 g/mol. The molecule has 0 aromatic heterocycles. The molecule has 0 heterocycles. The van der Waals surface area contributed by atoms with Crippen molar-refractivity contribution in [3.05, 3.63) is 35.9 Å². The van der Waals surface area contributed by atoms with E-state index in [1.54, 1.807) is 0 Å². The van der Waals surface area contributed by atoms with E-state index in [4.69, 9.17) is 13.0 Å². The molecule has 16 heavy (non-hydrogen) atoms. The predicted molar refractivity (Wildman–Crippen MR) is 58.7 cm³/mol. The Balaban J connectivity index is 0. The van der Waals surface area contributed by atoms with Crippen molar-refractivity contribution in [2.75, 3.05) is 0 Å². The van der Waals surface area contributed by atoms with Crippen LogP contribution in [0.25, 0.3) is 0 Å². The van der Waals surface area contributed by atoms with E-state index < -0.39 is 15.6 Å². The number of aryl methyl sites for hydroxylation is 1. The van der Waals surface area contributed by atoms with Gasteiger partial charge in [0.2, 0.25) is 0 Å². The molecular formula is C8H12BiF3O3S. The van der Waals surface area contributed by atoms with Gasteiger partial charge in [0, 0.05) is 0 Å². The van der Waals surface area contributed by atoms with E-state index in [2.05, 4.69) is 19.1 Å².